The molecule has 5 fully saturated rings. The summed E-state index contributed by atoms with van der Waals surface area (Å²) in [7, 11) is 0. The van der Waals surface area contributed by atoms with E-state index in [4.69, 9.17) is 4.74 Å². The molecule has 0 aromatic heterocycles. The van der Waals surface area contributed by atoms with Gasteiger partial charge in [-0.3, -0.25) is 0 Å². The van der Waals surface area contributed by atoms with Gasteiger partial charge in [-0.25, -0.2) is 4.79 Å². The molecular formula is C25H33F3N2O3. The molecule has 2 N–H and O–H groups in total. The molecule has 2 amide bonds. The first-order valence-corrected chi connectivity index (χ1v) is 12.3. The molecular weight excluding hydrogens is 433 g/mol. The van der Waals surface area contributed by atoms with E-state index in [0.29, 0.717) is 5.56 Å². The number of carbonyl (C=O) groups excluding carboxylic acids is 1. The Balaban J connectivity index is 1.06. The molecule has 1 aromatic rings. The third kappa shape index (κ3) is 5.58. The van der Waals surface area contributed by atoms with Crippen molar-refractivity contribution < 1.29 is 27.4 Å². The molecule has 182 valence electrons. The van der Waals surface area contributed by atoms with E-state index in [9.17, 15) is 18.0 Å². The monoisotopic (exact) mass is 466 g/mol. The highest BCUT2D eigenvalue weighted by molar-refractivity contribution is 5.75. The van der Waals surface area contributed by atoms with Crippen molar-refractivity contribution in [1.29, 1.82) is 0 Å². The smallest absolute Gasteiger partial charge is 0.405 e. The zero-order chi connectivity index (χ0) is 23.1. The summed E-state index contributed by atoms with van der Waals surface area (Å²) < 4.78 is 47.8. The maximum absolute atomic E-state index is 12.8. The van der Waals surface area contributed by atoms with Gasteiger partial charge in [-0.15, -0.1) is 13.2 Å². The number of nitrogens with one attached hydrogen (secondary N) is 2. The van der Waals surface area contributed by atoms with E-state index in [2.05, 4.69) is 15.4 Å². The van der Waals surface area contributed by atoms with Gasteiger partial charge in [0.15, 0.2) is 0 Å². The largest absolute Gasteiger partial charge is 0.573 e. The summed E-state index contributed by atoms with van der Waals surface area (Å²) in [6, 6.07) is 6.14. The zero-order valence-corrected chi connectivity index (χ0v) is 18.8. The second-order valence-electron chi connectivity index (χ2n) is 10.7. The lowest BCUT2D eigenvalue weighted by atomic mass is 9.53. The average Bonchev–Trinajstić information content (AvgIpc) is 2.71. The number of halogens is 3. The van der Waals surface area contributed by atoms with Gasteiger partial charge in [-0.1, -0.05) is 18.2 Å². The molecule has 1 aromatic carbocycles. The lowest BCUT2D eigenvalue weighted by Gasteiger charge is -2.56. The van der Waals surface area contributed by atoms with Crippen molar-refractivity contribution in [3.8, 4) is 5.75 Å². The molecule has 6 rings (SSSR count). The Morgan fingerprint density at radius 1 is 0.970 bits per heavy atom. The van der Waals surface area contributed by atoms with E-state index in [1.807, 2.05) is 0 Å². The molecule has 0 radical (unpaired) electrons. The van der Waals surface area contributed by atoms with E-state index in [-0.39, 0.29) is 36.1 Å². The van der Waals surface area contributed by atoms with Crippen LogP contribution < -0.4 is 15.4 Å². The highest BCUT2D eigenvalue weighted by atomic mass is 19.4. The van der Waals surface area contributed by atoms with Crippen molar-refractivity contribution in [2.45, 2.75) is 94.9 Å². The molecule has 0 saturated heterocycles. The van der Waals surface area contributed by atoms with Gasteiger partial charge in [0.25, 0.3) is 0 Å². The summed E-state index contributed by atoms with van der Waals surface area (Å²) in [5.74, 6) is 2.14. The van der Waals surface area contributed by atoms with Gasteiger partial charge in [0.1, 0.15) is 5.75 Å². The molecule has 5 nitrogen and oxygen atoms in total. The normalized spacial score (nSPS) is 35.3. The van der Waals surface area contributed by atoms with Crippen LogP contribution in [0.1, 0.15) is 69.8 Å². The fraction of sp³-hybridized carbons (Fsp3) is 0.720. The molecule has 5 aliphatic rings. The lowest BCUT2D eigenvalue weighted by Crippen LogP contribution is -2.62. The molecule has 33 heavy (non-hydrogen) atoms. The Morgan fingerprint density at radius 3 is 2.18 bits per heavy atom. The van der Waals surface area contributed by atoms with Crippen LogP contribution in [0.25, 0.3) is 0 Å². The SMILES string of the molecule is O=C(NC12CC3CC(CC(C3)C1)C2)N[C@H]1CC[C@H](OCc2ccccc2OC(F)(F)F)CC1. The van der Waals surface area contributed by atoms with Crippen LogP contribution in [0.3, 0.4) is 0 Å². The number of rotatable bonds is 6. The van der Waals surface area contributed by atoms with Gasteiger partial charge in [0.05, 0.1) is 12.7 Å². The summed E-state index contributed by atoms with van der Waals surface area (Å²) in [6.07, 6.45) is 5.82. The summed E-state index contributed by atoms with van der Waals surface area (Å²) >= 11 is 0. The number of carbonyl (C=O) groups is 1. The standard InChI is InChI=1S/C25H33F3N2O3/c26-25(27,28)33-22-4-2-1-3-19(22)15-32-21-7-5-20(6-8-21)29-23(31)30-24-12-16-9-17(13-24)11-18(10-16)14-24/h1-4,16-18,20-21H,5-15H2,(H2,29,30,31)/t16?,17?,18?,20-,21-,24?. The molecule has 0 heterocycles. The number of hydrogen-bond acceptors (Lipinski definition) is 3. The van der Waals surface area contributed by atoms with Crippen LogP contribution >= 0.6 is 0 Å². The second kappa shape index (κ2) is 9.01. The van der Waals surface area contributed by atoms with Crippen LogP contribution in [0.15, 0.2) is 24.3 Å². The quantitative estimate of drug-likeness (QED) is 0.567. The predicted molar refractivity (Wildman–Crippen MR) is 117 cm³/mol. The zero-order valence-electron chi connectivity index (χ0n) is 18.8. The van der Waals surface area contributed by atoms with Gasteiger partial charge in [-0.2, -0.15) is 0 Å². The molecule has 0 unspecified atom stereocenters. The molecule has 5 saturated carbocycles. The Hall–Kier alpha value is -1.96. The van der Waals surface area contributed by atoms with Gasteiger partial charge in [-0.05, 0) is 88.0 Å². The third-order valence-electron chi connectivity index (χ3n) is 8.10. The number of hydrogen-bond donors (Lipinski definition) is 2. The van der Waals surface area contributed by atoms with Gasteiger partial charge >= 0.3 is 12.4 Å². The second-order valence-corrected chi connectivity index (χ2v) is 10.7. The molecule has 0 aliphatic heterocycles. The van der Waals surface area contributed by atoms with Crippen LogP contribution in [-0.2, 0) is 11.3 Å². The molecule has 4 bridgehead atoms. The van der Waals surface area contributed by atoms with E-state index in [1.54, 1.807) is 12.1 Å². The summed E-state index contributed by atoms with van der Waals surface area (Å²) in [4.78, 5) is 12.8. The minimum absolute atomic E-state index is 0.00498. The van der Waals surface area contributed by atoms with Gasteiger partial charge < -0.3 is 20.1 Å². The Bertz CT molecular complexity index is 816. The third-order valence-corrected chi connectivity index (χ3v) is 8.10. The first-order chi connectivity index (χ1) is 15.8. The average molecular weight is 467 g/mol. The van der Waals surface area contributed by atoms with E-state index < -0.39 is 6.36 Å². The van der Waals surface area contributed by atoms with Gasteiger partial charge in [0.2, 0.25) is 0 Å². The number of benzene rings is 1. The fourth-order valence-corrected chi connectivity index (χ4v) is 7.15. The highest BCUT2D eigenvalue weighted by Crippen LogP contribution is 2.55. The van der Waals surface area contributed by atoms with Crippen LogP contribution in [0, 0.1) is 17.8 Å². The van der Waals surface area contributed by atoms with Crippen molar-refractivity contribution in [3.63, 3.8) is 0 Å². The van der Waals surface area contributed by atoms with Crippen LogP contribution in [0.4, 0.5) is 18.0 Å². The van der Waals surface area contributed by atoms with Crippen LogP contribution in [0.5, 0.6) is 5.75 Å². The van der Waals surface area contributed by atoms with Crippen molar-refractivity contribution in [3.05, 3.63) is 29.8 Å². The first-order valence-electron chi connectivity index (χ1n) is 12.3. The maximum atomic E-state index is 12.8. The van der Waals surface area contributed by atoms with Crippen molar-refractivity contribution in [2.75, 3.05) is 0 Å². The molecule has 8 heteroatoms. The topological polar surface area (TPSA) is 59.6 Å². The minimum Gasteiger partial charge on any atom is -0.405 e. The molecule has 0 spiro atoms. The van der Waals surface area contributed by atoms with Crippen molar-refractivity contribution in [2.24, 2.45) is 17.8 Å². The number of amides is 2. The summed E-state index contributed by atoms with van der Waals surface area (Å²) in [6.45, 7) is 0.0710. The Labute approximate surface area is 192 Å². The fourth-order valence-electron chi connectivity index (χ4n) is 7.15. The number of para-hydroxylation sites is 1. The molecule has 5 aliphatic carbocycles. The minimum atomic E-state index is -4.73. The maximum Gasteiger partial charge on any atom is 0.573 e. The number of ether oxygens (including phenoxy) is 2. The Morgan fingerprint density at radius 2 is 1.58 bits per heavy atom. The molecule has 0 atom stereocenters. The van der Waals surface area contributed by atoms with E-state index in [0.717, 1.165) is 62.7 Å². The Kier molecular flexibility index (Phi) is 6.23. The lowest BCUT2D eigenvalue weighted by molar-refractivity contribution is -0.275. The number of alkyl halides is 3. The van der Waals surface area contributed by atoms with Crippen molar-refractivity contribution in [1.82, 2.24) is 10.6 Å². The van der Waals surface area contributed by atoms with E-state index in [1.165, 1.54) is 31.4 Å². The summed E-state index contributed by atoms with van der Waals surface area (Å²) in [5, 5.41) is 6.54. The van der Waals surface area contributed by atoms with Crippen LogP contribution in [0.2, 0.25) is 0 Å². The van der Waals surface area contributed by atoms with Crippen LogP contribution in [-0.4, -0.2) is 30.1 Å². The van der Waals surface area contributed by atoms with E-state index >= 15 is 0 Å². The van der Waals surface area contributed by atoms with Gasteiger partial charge in [0, 0.05) is 17.1 Å². The first kappa shape index (κ1) is 22.8. The summed E-state index contributed by atoms with van der Waals surface area (Å²) in [5.41, 5.74) is 0.385. The number of urea groups is 1. The highest BCUT2D eigenvalue weighted by Gasteiger charge is 2.51. The predicted octanol–water partition coefficient (Wildman–Crippen LogP) is 5.68. The van der Waals surface area contributed by atoms with Crippen molar-refractivity contribution >= 4 is 6.03 Å².